The fraction of sp³-hybridized carbons (Fsp3) is 0.364. The van der Waals surface area contributed by atoms with Crippen molar-refractivity contribution in [3.8, 4) is 0 Å². The van der Waals surface area contributed by atoms with Crippen molar-refractivity contribution in [1.82, 2.24) is 5.32 Å². The molecule has 0 aliphatic carbocycles. The van der Waals surface area contributed by atoms with E-state index in [0.717, 1.165) is 5.56 Å². The van der Waals surface area contributed by atoms with E-state index in [1.54, 1.807) is 12.1 Å². The number of nitrogens with one attached hydrogen (secondary N) is 1. The van der Waals surface area contributed by atoms with Gasteiger partial charge in [-0.15, -0.1) is 0 Å². The number of carboxylic acids is 1. The Labute approximate surface area is 110 Å². The van der Waals surface area contributed by atoms with E-state index < -0.39 is 12.0 Å². The van der Waals surface area contributed by atoms with E-state index in [9.17, 15) is 4.79 Å². The molecule has 1 atom stereocenters. The molecule has 0 amide bonds. The zero-order chi connectivity index (χ0) is 12.8. The molecule has 0 fully saturated rings. The fourth-order valence-electron chi connectivity index (χ4n) is 1.29. The van der Waals surface area contributed by atoms with Crippen LogP contribution >= 0.6 is 23.2 Å². The quantitative estimate of drug-likeness (QED) is 0.689. The lowest BCUT2D eigenvalue weighted by atomic mass is 10.1. The van der Waals surface area contributed by atoms with Gasteiger partial charge in [-0.3, -0.25) is 4.79 Å². The number of rotatable bonds is 6. The van der Waals surface area contributed by atoms with Crippen molar-refractivity contribution in [2.75, 3.05) is 13.1 Å². The van der Waals surface area contributed by atoms with Gasteiger partial charge in [0.25, 0.3) is 0 Å². The Hall–Kier alpha value is -0.810. The molecule has 1 aromatic carbocycles. The average molecular weight is 277 g/mol. The third kappa shape index (κ3) is 4.91. The van der Waals surface area contributed by atoms with E-state index in [-0.39, 0.29) is 6.54 Å². The van der Waals surface area contributed by atoms with Crippen molar-refractivity contribution in [1.29, 1.82) is 0 Å². The first-order chi connectivity index (χ1) is 8.00. The van der Waals surface area contributed by atoms with Gasteiger partial charge in [-0.05, 0) is 30.7 Å². The highest BCUT2D eigenvalue weighted by molar-refractivity contribution is 6.35. The summed E-state index contributed by atoms with van der Waals surface area (Å²) in [5, 5.41) is 12.7. The SMILES string of the molecule is NC(CNCCc1ccc(Cl)cc1Cl)C(=O)O. The van der Waals surface area contributed by atoms with Crippen LogP contribution in [0.4, 0.5) is 0 Å². The summed E-state index contributed by atoms with van der Waals surface area (Å²) in [5.74, 6) is -1.01. The summed E-state index contributed by atoms with van der Waals surface area (Å²) in [6.07, 6.45) is 0.697. The monoisotopic (exact) mass is 276 g/mol. The zero-order valence-corrected chi connectivity index (χ0v) is 10.6. The lowest BCUT2D eigenvalue weighted by molar-refractivity contribution is -0.138. The lowest BCUT2D eigenvalue weighted by Crippen LogP contribution is -2.40. The number of hydrogen-bond acceptors (Lipinski definition) is 3. The summed E-state index contributed by atoms with van der Waals surface area (Å²) in [4.78, 5) is 10.5. The van der Waals surface area contributed by atoms with Crippen LogP contribution in [0.3, 0.4) is 0 Å². The van der Waals surface area contributed by atoms with Crippen LogP contribution in [0.15, 0.2) is 18.2 Å². The minimum absolute atomic E-state index is 0.237. The van der Waals surface area contributed by atoms with E-state index >= 15 is 0 Å². The largest absolute Gasteiger partial charge is 0.480 e. The highest BCUT2D eigenvalue weighted by Gasteiger charge is 2.09. The fourth-order valence-corrected chi connectivity index (χ4v) is 1.80. The van der Waals surface area contributed by atoms with Gasteiger partial charge in [0.05, 0.1) is 0 Å². The maximum Gasteiger partial charge on any atom is 0.321 e. The molecule has 1 rings (SSSR count). The molecule has 6 heteroatoms. The molecule has 0 aliphatic heterocycles. The van der Waals surface area contributed by atoms with Gasteiger partial charge in [-0.25, -0.2) is 0 Å². The highest BCUT2D eigenvalue weighted by atomic mass is 35.5. The summed E-state index contributed by atoms with van der Waals surface area (Å²) in [7, 11) is 0. The standard InChI is InChI=1S/C11H14Cl2N2O2/c12-8-2-1-7(9(13)5-8)3-4-15-6-10(14)11(16)17/h1-2,5,10,15H,3-4,6,14H2,(H,16,17). The highest BCUT2D eigenvalue weighted by Crippen LogP contribution is 2.20. The number of halogens is 2. The van der Waals surface area contributed by atoms with Gasteiger partial charge in [0.2, 0.25) is 0 Å². The maximum atomic E-state index is 10.5. The number of benzene rings is 1. The van der Waals surface area contributed by atoms with Crippen LogP contribution in [0.25, 0.3) is 0 Å². The van der Waals surface area contributed by atoms with Crippen LogP contribution in [0, 0.1) is 0 Å². The van der Waals surface area contributed by atoms with E-state index in [1.165, 1.54) is 0 Å². The lowest BCUT2D eigenvalue weighted by Gasteiger charge is -2.09. The molecule has 0 aliphatic rings. The third-order valence-electron chi connectivity index (χ3n) is 2.27. The van der Waals surface area contributed by atoms with E-state index in [1.807, 2.05) is 6.07 Å². The van der Waals surface area contributed by atoms with Crippen LogP contribution in [0.5, 0.6) is 0 Å². The normalized spacial score (nSPS) is 12.4. The van der Waals surface area contributed by atoms with Crippen molar-refractivity contribution in [2.24, 2.45) is 5.73 Å². The number of carbonyl (C=O) groups is 1. The Morgan fingerprint density at radius 3 is 2.76 bits per heavy atom. The molecular weight excluding hydrogens is 263 g/mol. The van der Waals surface area contributed by atoms with Crippen molar-refractivity contribution >= 4 is 29.2 Å². The summed E-state index contributed by atoms with van der Waals surface area (Å²) in [6, 6.07) is 4.42. The first-order valence-electron chi connectivity index (χ1n) is 5.13. The zero-order valence-electron chi connectivity index (χ0n) is 9.12. The second-order valence-corrected chi connectivity index (χ2v) is 4.48. The van der Waals surface area contributed by atoms with Crippen LogP contribution in [-0.4, -0.2) is 30.2 Å². The van der Waals surface area contributed by atoms with Crippen molar-refractivity contribution in [3.05, 3.63) is 33.8 Å². The van der Waals surface area contributed by atoms with Gasteiger partial charge in [0.15, 0.2) is 0 Å². The van der Waals surface area contributed by atoms with E-state index in [0.29, 0.717) is 23.0 Å². The first-order valence-corrected chi connectivity index (χ1v) is 5.89. The van der Waals surface area contributed by atoms with Crippen LogP contribution in [0.2, 0.25) is 10.0 Å². The maximum absolute atomic E-state index is 10.5. The molecule has 0 saturated heterocycles. The van der Waals surface area contributed by atoms with Crippen LogP contribution in [-0.2, 0) is 11.2 Å². The molecule has 0 radical (unpaired) electrons. The first kappa shape index (κ1) is 14.3. The number of nitrogens with two attached hydrogens (primary N) is 1. The Balaban J connectivity index is 2.34. The van der Waals surface area contributed by atoms with Crippen LogP contribution in [0.1, 0.15) is 5.56 Å². The van der Waals surface area contributed by atoms with Gasteiger partial charge in [-0.1, -0.05) is 29.3 Å². The second-order valence-electron chi connectivity index (χ2n) is 3.63. The van der Waals surface area contributed by atoms with Crippen LogP contribution < -0.4 is 11.1 Å². The smallest absolute Gasteiger partial charge is 0.321 e. The van der Waals surface area contributed by atoms with Crippen molar-refractivity contribution in [3.63, 3.8) is 0 Å². The molecule has 4 nitrogen and oxygen atoms in total. The third-order valence-corrected chi connectivity index (χ3v) is 2.85. The minimum Gasteiger partial charge on any atom is -0.480 e. The van der Waals surface area contributed by atoms with E-state index in [4.69, 9.17) is 34.0 Å². The molecule has 0 saturated carbocycles. The molecule has 17 heavy (non-hydrogen) atoms. The van der Waals surface area contributed by atoms with Gasteiger partial charge < -0.3 is 16.2 Å². The number of carboxylic acid groups (broad SMARTS) is 1. The van der Waals surface area contributed by atoms with Crippen molar-refractivity contribution in [2.45, 2.75) is 12.5 Å². The number of hydrogen-bond donors (Lipinski definition) is 3. The summed E-state index contributed by atoms with van der Waals surface area (Å²) < 4.78 is 0. The van der Waals surface area contributed by atoms with Gasteiger partial charge in [-0.2, -0.15) is 0 Å². The summed E-state index contributed by atoms with van der Waals surface area (Å²) >= 11 is 11.8. The Morgan fingerprint density at radius 1 is 1.47 bits per heavy atom. The predicted octanol–water partition coefficient (Wildman–Crippen LogP) is 1.54. The molecule has 1 unspecified atom stereocenters. The molecule has 0 spiro atoms. The minimum atomic E-state index is -1.01. The Bertz CT molecular complexity index is 399. The van der Waals surface area contributed by atoms with E-state index in [2.05, 4.69) is 5.32 Å². The van der Waals surface area contributed by atoms with Gasteiger partial charge in [0, 0.05) is 16.6 Å². The molecule has 0 heterocycles. The Morgan fingerprint density at radius 2 is 2.18 bits per heavy atom. The summed E-state index contributed by atoms with van der Waals surface area (Å²) in [6.45, 7) is 0.850. The topological polar surface area (TPSA) is 75.3 Å². The molecule has 0 aromatic heterocycles. The Kier molecular flexibility index (Phi) is 5.71. The average Bonchev–Trinajstić information content (AvgIpc) is 2.26. The van der Waals surface area contributed by atoms with Gasteiger partial charge >= 0.3 is 5.97 Å². The molecule has 4 N–H and O–H groups in total. The molecular formula is C11H14Cl2N2O2. The van der Waals surface area contributed by atoms with Crippen molar-refractivity contribution < 1.29 is 9.90 Å². The molecule has 94 valence electrons. The second kappa shape index (κ2) is 6.81. The summed E-state index contributed by atoms with van der Waals surface area (Å²) in [5.41, 5.74) is 6.31. The van der Waals surface area contributed by atoms with Gasteiger partial charge in [0.1, 0.15) is 6.04 Å². The molecule has 0 bridgehead atoms. The molecule has 1 aromatic rings. The number of aliphatic carboxylic acids is 1. The predicted molar refractivity (Wildman–Crippen MR) is 68.6 cm³/mol.